The number of Topliss-reactive ketones (excluding diaryl/α,β-unsaturated/α-hetero) is 1. The van der Waals surface area contributed by atoms with E-state index < -0.39 is 26.5 Å². The Bertz CT molecular complexity index is 721. The first-order valence-corrected chi connectivity index (χ1v) is 8.29. The number of benzene rings is 1. The van der Waals surface area contributed by atoms with Gasteiger partial charge < -0.3 is 10.1 Å². The van der Waals surface area contributed by atoms with Crippen molar-refractivity contribution in [2.45, 2.75) is 31.6 Å². The minimum atomic E-state index is -3.56. The quantitative estimate of drug-likeness (QED) is 0.853. The number of sulfone groups is 1. The highest BCUT2D eigenvalue weighted by molar-refractivity contribution is 7.92. The first kappa shape index (κ1) is 15.5. The van der Waals surface area contributed by atoms with E-state index in [1.165, 1.54) is 26.0 Å². The Labute approximate surface area is 123 Å². The predicted octanol–water partition coefficient (Wildman–Crippen LogP) is 1.41. The second kappa shape index (κ2) is 4.84. The zero-order valence-electron chi connectivity index (χ0n) is 12.3. The van der Waals surface area contributed by atoms with Crippen LogP contribution in [0.3, 0.4) is 0 Å². The largest absolute Gasteiger partial charge is 0.479 e. The fourth-order valence-corrected chi connectivity index (χ4v) is 2.32. The van der Waals surface area contributed by atoms with E-state index in [0.717, 1.165) is 6.26 Å². The average molecular weight is 311 g/mol. The van der Waals surface area contributed by atoms with Crippen LogP contribution in [0.1, 0.15) is 31.1 Å². The summed E-state index contributed by atoms with van der Waals surface area (Å²) < 4.78 is 27.3. The van der Waals surface area contributed by atoms with E-state index >= 15 is 0 Å². The molecule has 114 valence electrons. The van der Waals surface area contributed by atoms with Gasteiger partial charge in [-0.1, -0.05) is 0 Å². The van der Waals surface area contributed by atoms with Crippen LogP contribution in [-0.4, -0.2) is 37.2 Å². The van der Waals surface area contributed by atoms with Gasteiger partial charge in [0.1, 0.15) is 10.5 Å². The van der Waals surface area contributed by atoms with Crippen LogP contribution in [-0.2, 0) is 14.6 Å². The normalized spacial score (nSPS) is 18.5. The van der Waals surface area contributed by atoms with Gasteiger partial charge in [-0.05, 0) is 39.0 Å². The lowest BCUT2D eigenvalue weighted by Gasteiger charge is -2.25. The first-order valence-electron chi connectivity index (χ1n) is 6.40. The Morgan fingerprint density at radius 3 is 2.52 bits per heavy atom. The van der Waals surface area contributed by atoms with E-state index in [2.05, 4.69) is 5.32 Å². The first-order chi connectivity index (χ1) is 9.54. The number of nitrogens with one attached hydrogen (secondary N) is 1. The lowest BCUT2D eigenvalue weighted by atomic mass is 9.99. The molecule has 21 heavy (non-hydrogen) atoms. The summed E-state index contributed by atoms with van der Waals surface area (Å²) in [6.45, 7) is 4.34. The third-order valence-corrected chi connectivity index (χ3v) is 5.69. The van der Waals surface area contributed by atoms with Crippen molar-refractivity contribution in [1.29, 1.82) is 0 Å². The number of hydrogen-bond acceptors (Lipinski definition) is 5. The lowest BCUT2D eigenvalue weighted by molar-refractivity contribution is -0.122. The summed E-state index contributed by atoms with van der Waals surface area (Å²) in [6.07, 6.45) is 0.419. The molecule has 1 N–H and O–H groups in total. The topological polar surface area (TPSA) is 89.5 Å². The van der Waals surface area contributed by atoms with Gasteiger partial charge in [-0.3, -0.25) is 9.59 Å². The van der Waals surface area contributed by atoms with Crippen LogP contribution in [0.5, 0.6) is 5.75 Å². The molecule has 0 bridgehead atoms. The van der Waals surface area contributed by atoms with Gasteiger partial charge in [-0.2, -0.15) is 0 Å². The van der Waals surface area contributed by atoms with E-state index in [1.807, 2.05) is 0 Å². The maximum atomic E-state index is 12.4. The Hall–Kier alpha value is -1.89. The van der Waals surface area contributed by atoms with Gasteiger partial charge >= 0.3 is 0 Å². The number of rotatable bonds is 3. The molecule has 6 nitrogen and oxygen atoms in total. The molecule has 1 aromatic carbocycles. The Balaban J connectivity index is 2.42. The number of carbonyl (C=O) groups excluding carboxylic acids is 2. The van der Waals surface area contributed by atoms with Gasteiger partial charge in [0.05, 0.1) is 5.69 Å². The second-order valence-electron chi connectivity index (χ2n) is 5.57. The minimum absolute atomic E-state index is 0.211. The van der Waals surface area contributed by atoms with Crippen molar-refractivity contribution in [3.63, 3.8) is 0 Å². The number of carbonyl (C=O) groups is 2. The van der Waals surface area contributed by atoms with E-state index in [4.69, 9.17) is 4.74 Å². The molecular formula is C14H17NO5S. The third-order valence-electron chi connectivity index (χ3n) is 3.65. The second-order valence-corrected chi connectivity index (χ2v) is 8.14. The molecule has 1 aliphatic heterocycles. The van der Waals surface area contributed by atoms with E-state index in [0.29, 0.717) is 11.4 Å². The number of fused-ring (bicyclic) bond motifs is 1. The van der Waals surface area contributed by atoms with Crippen LogP contribution in [0.15, 0.2) is 18.2 Å². The van der Waals surface area contributed by atoms with Crippen molar-refractivity contribution in [2.75, 3.05) is 11.6 Å². The van der Waals surface area contributed by atoms with Crippen LogP contribution < -0.4 is 10.1 Å². The lowest BCUT2D eigenvalue weighted by Crippen LogP contribution is -2.40. The summed E-state index contributed by atoms with van der Waals surface area (Å²) in [5, 5.41) is 2.63. The molecule has 7 heteroatoms. The SMILES string of the molecule is CC1Oc2ccc(C(=O)C(C)(C)S(C)(=O)=O)cc2NC1=O. The molecule has 1 aromatic rings. The Kier molecular flexibility index (Phi) is 3.57. The summed E-state index contributed by atoms with van der Waals surface area (Å²) >= 11 is 0. The highest BCUT2D eigenvalue weighted by Gasteiger charge is 2.39. The number of amides is 1. The van der Waals surface area contributed by atoms with Gasteiger partial charge in [0, 0.05) is 11.8 Å². The van der Waals surface area contributed by atoms with Gasteiger partial charge in [0.2, 0.25) is 0 Å². The van der Waals surface area contributed by atoms with Gasteiger partial charge in [0.25, 0.3) is 5.91 Å². The maximum Gasteiger partial charge on any atom is 0.265 e. The Morgan fingerprint density at radius 2 is 1.95 bits per heavy atom. The zero-order valence-corrected chi connectivity index (χ0v) is 13.1. The predicted molar refractivity (Wildman–Crippen MR) is 78.4 cm³/mol. The number of ether oxygens (including phenoxy) is 1. The summed E-state index contributed by atoms with van der Waals surface area (Å²) in [6, 6.07) is 4.49. The van der Waals surface area contributed by atoms with Crippen molar-refractivity contribution < 1.29 is 22.7 Å². The van der Waals surface area contributed by atoms with E-state index in [9.17, 15) is 18.0 Å². The highest BCUT2D eigenvalue weighted by Crippen LogP contribution is 2.32. The fourth-order valence-electron chi connectivity index (χ4n) is 1.87. The molecule has 2 rings (SSSR count). The summed E-state index contributed by atoms with van der Waals surface area (Å²) in [5.41, 5.74) is 0.580. The molecule has 0 radical (unpaired) electrons. The van der Waals surface area contributed by atoms with Gasteiger partial charge in [-0.15, -0.1) is 0 Å². The van der Waals surface area contributed by atoms with Crippen molar-refractivity contribution in [3.8, 4) is 5.75 Å². The van der Waals surface area contributed by atoms with Crippen molar-refractivity contribution >= 4 is 27.2 Å². The molecule has 0 saturated heterocycles. The van der Waals surface area contributed by atoms with Crippen LogP contribution >= 0.6 is 0 Å². The number of hydrogen-bond donors (Lipinski definition) is 1. The monoisotopic (exact) mass is 311 g/mol. The molecule has 0 saturated carbocycles. The summed E-state index contributed by atoms with van der Waals surface area (Å²) in [4.78, 5) is 24.0. The molecule has 1 amide bonds. The van der Waals surface area contributed by atoms with Crippen molar-refractivity contribution in [1.82, 2.24) is 0 Å². The van der Waals surface area contributed by atoms with Crippen LogP contribution in [0.25, 0.3) is 0 Å². The zero-order chi connectivity index (χ0) is 16.0. The van der Waals surface area contributed by atoms with Gasteiger partial charge in [-0.25, -0.2) is 8.42 Å². The smallest absolute Gasteiger partial charge is 0.265 e. The average Bonchev–Trinajstić information content (AvgIpc) is 2.37. The summed E-state index contributed by atoms with van der Waals surface area (Å²) in [7, 11) is -3.56. The molecule has 1 aliphatic rings. The molecule has 0 spiro atoms. The van der Waals surface area contributed by atoms with Crippen LogP contribution in [0.4, 0.5) is 5.69 Å². The highest BCUT2D eigenvalue weighted by atomic mass is 32.2. The van der Waals surface area contributed by atoms with Crippen LogP contribution in [0, 0.1) is 0 Å². The van der Waals surface area contributed by atoms with E-state index in [1.54, 1.807) is 13.0 Å². The molecule has 0 fully saturated rings. The van der Waals surface area contributed by atoms with Crippen molar-refractivity contribution in [3.05, 3.63) is 23.8 Å². The standard InChI is InChI=1S/C14H17NO5S/c1-8-13(17)15-10-7-9(5-6-11(10)20-8)12(16)14(2,3)21(4,18)19/h5-8H,1-4H3,(H,15,17). The fraction of sp³-hybridized carbons (Fsp3) is 0.429. The summed E-state index contributed by atoms with van der Waals surface area (Å²) in [5.74, 6) is -0.383. The maximum absolute atomic E-state index is 12.4. The number of ketones is 1. The molecule has 0 aromatic heterocycles. The Morgan fingerprint density at radius 1 is 1.33 bits per heavy atom. The minimum Gasteiger partial charge on any atom is -0.479 e. The third kappa shape index (κ3) is 2.65. The molecular weight excluding hydrogens is 294 g/mol. The number of anilines is 1. The van der Waals surface area contributed by atoms with E-state index in [-0.39, 0.29) is 11.5 Å². The van der Waals surface area contributed by atoms with Crippen LogP contribution in [0.2, 0.25) is 0 Å². The van der Waals surface area contributed by atoms with Crippen molar-refractivity contribution in [2.24, 2.45) is 0 Å². The molecule has 1 atom stereocenters. The molecule has 1 unspecified atom stereocenters. The molecule has 1 heterocycles. The van der Waals surface area contributed by atoms with Gasteiger partial charge in [0.15, 0.2) is 21.7 Å². The molecule has 0 aliphatic carbocycles.